The molecule has 0 saturated heterocycles. The second-order valence-electron chi connectivity index (χ2n) is 4.41. The number of carboxylic acid groups (broad SMARTS) is 1. The van der Waals surface area contributed by atoms with Gasteiger partial charge in [-0.2, -0.15) is 0 Å². The van der Waals surface area contributed by atoms with E-state index in [1.165, 1.54) is 12.1 Å². The summed E-state index contributed by atoms with van der Waals surface area (Å²) in [7, 11) is 0. The average molecular weight is 292 g/mol. The van der Waals surface area contributed by atoms with Crippen molar-refractivity contribution in [1.82, 2.24) is 0 Å². The normalized spacial score (nSPS) is 13.3. The lowest BCUT2D eigenvalue weighted by atomic mass is 10.2. The summed E-state index contributed by atoms with van der Waals surface area (Å²) in [5.41, 5.74) is 1.67. The Bertz CT molecular complexity index is 707. The molecule has 102 valence electrons. The maximum Gasteiger partial charge on any atom is 0.371 e. The molecule has 1 aromatic heterocycles. The van der Waals surface area contributed by atoms with E-state index in [1.807, 2.05) is 6.07 Å². The average Bonchev–Trinajstić information content (AvgIpc) is 3.05. The fraction of sp³-hybridized carbons (Fsp3) is 0.143. The molecule has 0 bridgehead atoms. The molecule has 1 aromatic carbocycles. The number of aromatic carboxylic acids is 1. The number of amides is 1. The van der Waals surface area contributed by atoms with Crippen molar-refractivity contribution in [1.29, 1.82) is 0 Å². The van der Waals surface area contributed by atoms with E-state index < -0.39 is 5.97 Å². The third-order valence-corrected chi connectivity index (χ3v) is 3.60. The number of hydrogen-bond donors (Lipinski definition) is 1. The highest BCUT2D eigenvalue weighted by atomic mass is 35.5. The largest absolute Gasteiger partial charge is 0.475 e. The highest BCUT2D eigenvalue weighted by molar-refractivity contribution is 6.32. The summed E-state index contributed by atoms with van der Waals surface area (Å²) in [4.78, 5) is 24.7. The molecule has 2 heterocycles. The Hall–Kier alpha value is -2.27. The SMILES string of the molecule is O=C(O)c1ccc(C(=O)N2CCc3c(Cl)cccc32)o1. The second kappa shape index (κ2) is 4.68. The number of fused-ring (bicyclic) bond motifs is 1. The topological polar surface area (TPSA) is 70.8 Å². The molecular formula is C14H10ClNO4. The predicted octanol–water partition coefficient (Wildman–Crippen LogP) is 2.83. The van der Waals surface area contributed by atoms with Gasteiger partial charge in [-0.05, 0) is 36.2 Å². The third-order valence-electron chi connectivity index (χ3n) is 3.24. The lowest BCUT2D eigenvalue weighted by molar-refractivity contribution is 0.0660. The molecule has 0 aliphatic carbocycles. The minimum absolute atomic E-state index is 0.00947. The van der Waals surface area contributed by atoms with Crippen molar-refractivity contribution < 1.29 is 19.1 Å². The molecule has 1 aliphatic rings. The number of nitrogens with zero attached hydrogens (tertiary/aromatic N) is 1. The van der Waals surface area contributed by atoms with Crippen LogP contribution in [0.2, 0.25) is 5.02 Å². The van der Waals surface area contributed by atoms with Crippen molar-refractivity contribution in [3.63, 3.8) is 0 Å². The van der Waals surface area contributed by atoms with E-state index in [0.717, 1.165) is 11.3 Å². The Morgan fingerprint density at radius 1 is 1.20 bits per heavy atom. The molecule has 2 aromatic rings. The Labute approximate surface area is 119 Å². The number of hydrogen-bond acceptors (Lipinski definition) is 3. The van der Waals surface area contributed by atoms with Gasteiger partial charge in [0.05, 0.1) is 0 Å². The number of carbonyl (C=O) groups is 2. The molecule has 0 atom stereocenters. The first-order valence-electron chi connectivity index (χ1n) is 6.00. The summed E-state index contributed by atoms with van der Waals surface area (Å²) in [6, 6.07) is 8.01. The van der Waals surface area contributed by atoms with Crippen LogP contribution >= 0.6 is 11.6 Å². The summed E-state index contributed by atoms with van der Waals surface area (Å²) in [5.74, 6) is -1.80. The molecule has 1 aliphatic heterocycles. The molecule has 0 fully saturated rings. The van der Waals surface area contributed by atoms with Crippen LogP contribution in [0.4, 0.5) is 5.69 Å². The molecule has 20 heavy (non-hydrogen) atoms. The van der Waals surface area contributed by atoms with Crippen LogP contribution in [0.3, 0.4) is 0 Å². The Morgan fingerprint density at radius 2 is 1.95 bits per heavy atom. The fourth-order valence-corrected chi connectivity index (χ4v) is 2.57. The molecule has 6 heteroatoms. The quantitative estimate of drug-likeness (QED) is 0.923. The van der Waals surface area contributed by atoms with Crippen LogP contribution < -0.4 is 4.90 Å². The van der Waals surface area contributed by atoms with Gasteiger partial charge >= 0.3 is 5.97 Å². The second-order valence-corrected chi connectivity index (χ2v) is 4.82. The maximum atomic E-state index is 12.4. The van der Waals surface area contributed by atoms with Gasteiger partial charge < -0.3 is 14.4 Å². The van der Waals surface area contributed by atoms with E-state index in [9.17, 15) is 9.59 Å². The van der Waals surface area contributed by atoms with E-state index in [1.54, 1.807) is 17.0 Å². The summed E-state index contributed by atoms with van der Waals surface area (Å²) in [6.45, 7) is 0.501. The standard InChI is InChI=1S/C14H10ClNO4/c15-9-2-1-3-10-8(9)6-7-16(10)13(17)11-4-5-12(20-11)14(18)19/h1-5H,6-7H2,(H,18,19). The van der Waals surface area contributed by atoms with Gasteiger partial charge in [0.25, 0.3) is 5.91 Å². The zero-order valence-corrected chi connectivity index (χ0v) is 11.1. The third kappa shape index (κ3) is 1.96. The summed E-state index contributed by atoms with van der Waals surface area (Å²) >= 11 is 6.09. The zero-order chi connectivity index (χ0) is 14.3. The maximum absolute atomic E-state index is 12.4. The molecular weight excluding hydrogens is 282 g/mol. The van der Waals surface area contributed by atoms with Crippen molar-refractivity contribution >= 4 is 29.2 Å². The van der Waals surface area contributed by atoms with Gasteiger partial charge in [-0.3, -0.25) is 4.79 Å². The molecule has 5 nitrogen and oxygen atoms in total. The molecule has 1 N–H and O–H groups in total. The molecule has 0 saturated carbocycles. The van der Waals surface area contributed by atoms with Crippen molar-refractivity contribution in [2.24, 2.45) is 0 Å². The lowest BCUT2D eigenvalue weighted by Crippen LogP contribution is -2.28. The van der Waals surface area contributed by atoms with Gasteiger partial charge in [0.1, 0.15) is 0 Å². The van der Waals surface area contributed by atoms with Gasteiger partial charge in [0, 0.05) is 17.3 Å². The van der Waals surface area contributed by atoms with Gasteiger partial charge in [-0.25, -0.2) is 4.79 Å². The summed E-state index contributed by atoms with van der Waals surface area (Å²) < 4.78 is 5.04. The molecule has 0 unspecified atom stereocenters. The summed E-state index contributed by atoms with van der Waals surface area (Å²) in [5, 5.41) is 9.43. The van der Waals surface area contributed by atoms with Gasteiger partial charge in [0.2, 0.25) is 5.76 Å². The van der Waals surface area contributed by atoms with Crippen LogP contribution in [0.5, 0.6) is 0 Å². The highest BCUT2D eigenvalue weighted by Gasteiger charge is 2.29. The van der Waals surface area contributed by atoms with Crippen LogP contribution in [0.1, 0.15) is 26.7 Å². The van der Waals surface area contributed by atoms with E-state index in [-0.39, 0.29) is 17.4 Å². The zero-order valence-electron chi connectivity index (χ0n) is 10.3. The van der Waals surface area contributed by atoms with E-state index in [2.05, 4.69) is 0 Å². The first kappa shape index (κ1) is 12.7. The van der Waals surface area contributed by atoms with Gasteiger partial charge in [0.15, 0.2) is 5.76 Å². The van der Waals surface area contributed by atoms with Crippen molar-refractivity contribution in [3.05, 3.63) is 52.4 Å². The number of halogens is 1. The fourth-order valence-electron chi connectivity index (χ4n) is 2.30. The number of anilines is 1. The lowest BCUT2D eigenvalue weighted by Gasteiger charge is -2.15. The Kier molecular flexibility index (Phi) is 2.99. The molecule has 1 amide bonds. The number of benzene rings is 1. The molecule has 3 rings (SSSR count). The summed E-state index contributed by atoms with van der Waals surface area (Å²) in [6.07, 6.45) is 0.674. The van der Waals surface area contributed by atoms with Crippen LogP contribution in [-0.4, -0.2) is 23.5 Å². The Morgan fingerprint density at radius 3 is 2.65 bits per heavy atom. The van der Waals surface area contributed by atoms with Gasteiger partial charge in [-0.1, -0.05) is 17.7 Å². The highest BCUT2D eigenvalue weighted by Crippen LogP contribution is 2.34. The number of rotatable bonds is 2. The Balaban J connectivity index is 1.93. The monoisotopic (exact) mass is 291 g/mol. The van der Waals surface area contributed by atoms with Crippen LogP contribution in [-0.2, 0) is 6.42 Å². The minimum Gasteiger partial charge on any atom is -0.475 e. The smallest absolute Gasteiger partial charge is 0.371 e. The first-order valence-corrected chi connectivity index (χ1v) is 6.38. The first-order chi connectivity index (χ1) is 9.58. The van der Waals surface area contributed by atoms with E-state index >= 15 is 0 Å². The molecule has 0 spiro atoms. The number of furan rings is 1. The van der Waals surface area contributed by atoms with E-state index in [0.29, 0.717) is 18.0 Å². The van der Waals surface area contributed by atoms with Gasteiger partial charge in [-0.15, -0.1) is 0 Å². The van der Waals surface area contributed by atoms with Crippen LogP contribution in [0.25, 0.3) is 0 Å². The number of carbonyl (C=O) groups excluding carboxylic acids is 1. The van der Waals surface area contributed by atoms with Crippen LogP contribution in [0.15, 0.2) is 34.7 Å². The van der Waals surface area contributed by atoms with Crippen LogP contribution in [0, 0.1) is 0 Å². The van der Waals surface area contributed by atoms with E-state index in [4.69, 9.17) is 21.1 Å². The van der Waals surface area contributed by atoms with Crippen molar-refractivity contribution in [2.45, 2.75) is 6.42 Å². The number of carboxylic acids is 1. The van der Waals surface area contributed by atoms with Crippen molar-refractivity contribution in [2.75, 3.05) is 11.4 Å². The minimum atomic E-state index is -1.20. The predicted molar refractivity (Wildman–Crippen MR) is 72.5 cm³/mol. The molecule has 0 radical (unpaired) electrons. The van der Waals surface area contributed by atoms with Crippen molar-refractivity contribution in [3.8, 4) is 0 Å².